The third kappa shape index (κ3) is 2.69. The molecule has 124 valence electrons. The lowest BCUT2D eigenvalue weighted by molar-refractivity contribution is -0.749. The van der Waals surface area contributed by atoms with Gasteiger partial charge in [0.2, 0.25) is 5.82 Å². The number of carbonyl (C=O) groups excluding carboxylic acids is 1. The number of hydrazone groups is 1. The van der Waals surface area contributed by atoms with Crippen LogP contribution in [0.1, 0.15) is 5.56 Å². The Balaban J connectivity index is 1.93. The van der Waals surface area contributed by atoms with Crippen LogP contribution >= 0.6 is 0 Å². The van der Waals surface area contributed by atoms with E-state index < -0.39 is 0 Å². The zero-order valence-electron chi connectivity index (χ0n) is 13.7. The van der Waals surface area contributed by atoms with E-state index in [9.17, 15) is 9.59 Å². The molecule has 0 N–H and O–H groups in total. The van der Waals surface area contributed by atoms with E-state index in [0.717, 1.165) is 11.1 Å². The second-order valence-electron chi connectivity index (χ2n) is 5.28. The van der Waals surface area contributed by atoms with E-state index >= 15 is 0 Å². The van der Waals surface area contributed by atoms with Crippen LogP contribution in [0.3, 0.4) is 0 Å². The maximum Gasteiger partial charge on any atom is 0.539 e. The van der Waals surface area contributed by atoms with Gasteiger partial charge in [0.05, 0.1) is 0 Å². The fourth-order valence-electron chi connectivity index (χ4n) is 2.20. The summed E-state index contributed by atoms with van der Waals surface area (Å²) in [5, 5.41) is 14.9. The number of hydrogen-bond donors (Lipinski definition) is 0. The summed E-state index contributed by atoms with van der Waals surface area (Å²) in [4.78, 5) is 23.3. The van der Waals surface area contributed by atoms with Crippen molar-refractivity contribution in [3.8, 4) is 11.4 Å². The number of benzene rings is 1. The lowest BCUT2D eigenvalue weighted by Crippen LogP contribution is -2.54. The molecule has 0 radical (unpaired) electrons. The number of carbonyl (C=O) groups is 1. The van der Waals surface area contributed by atoms with Crippen molar-refractivity contribution in [1.29, 1.82) is 0 Å². The zero-order chi connectivity index (χ0) is 17.4. The van der Waals surface area contributed by atoms with E-state index in [0.29, 0.717) is 11.7 Å². The monoisotopic (exact) mass is 328 g/mol. The molecule has 2 heterocycles. The summed E-state index contributed by atoms with van der Waals surface area (Å²) in [7, 11) is 6.28. The van der Waals surface area contributed by atoms with Crippen LogP contribution in [0, 0.1) is 0 Å². The van der Waals surface area contributed by atoms with Crippen LogP contribution in [0.25, 0.3) is 16.8 Å². The number of nitrogens with zero attached hydrogens (tertiary/aromatic N) is 8. The molecular formula is C14H16N8O2. The standard InChI is InChI=1S/C14H16N8O2/c1-19-13(23)20(2)16-11(15-19)9-5-7-10(8-6-9)12-17-21(3)14(24)22(4)18-12/h5-8H,1-4H3. The highest BCUT2D eigenvalue weighted by atomic mass is 16.2. The predicted molar refractivity (Wildman–Crippen MR) is 84.7 cm³/mol. The van der Waals surface area contributed by atoms with E-state index in [2.05, 4.69) is 20.7 Å². The smallest absolute Gasteiger partial charge is 0.369 e. The highest BCUT2D eigenvalue weighted by Crippen LogP contribution is 2.19. The fraction of sp³-hybridized carbons (Fsp3) is 0.286. The van der Waals surface area contributed by atoms with Crippen molar-refractivity contribution in [2.45, 2.75) is 0 Å². The summed E-state index contributed by atoms with van der Waals surface area (Å²) in [6, 6.07) is 6.93. The van der Waals surface area contributed by atoms with Gasteiger partial charge in [-0.25, -0.2) is 4.79 Å². The van der Waals surface area contributed by atoms with Gasteiger partial charge in [-0.3, -0.25) is 0 Å². The maximum atomic E-state index is 11.6. The molecule has 0 unspecified atom stereocenters. The first-order chi connectivity index (χ1) is 11.4. The molecule has 10 nitrogen and oxygen atoms in total. The summed E-state index contributed by atoms with van der Waals surface area (Å²) in [6.07, 6.45) is 0. The molecule has 1 aliphatic heterocycles. The van der Waals surface area contributed by atoms with Crippen molar-refractivity contribution < 1.29 is 9.48 Å². The van der Waals surface area contributed by atoms with Crippen LogP contribution in [-0.4, -0.2) is 50.9 Å². The van der Waals surface area contributed by atoms with Gasteiger partial charge in [-0.2, -0.15) is 4.79 Å². The largest absolute Gasteiger partial charge is 0.539 e. The van der Waals surface area contributed by atoms with Crippen molar-refractivity contribution in [3.05, 3.63) is 45.7 Å². The van der Waals surface area contributed by atoms with Crippen LogP contribution in [0.4, 0.5) is 4.79 Å². The summed E-state index contributed by atoms with van der Waals surface area (Å²) < 4.78 is 2.46. The summed E-state index contributed by atoms with van der Waals surface area (Å²) in [5.41, 5.74) is 5.33. The number of rotatable bonds is 2. The van der Waals surface area contributed by atoms with Gasteiger partial charge in [0.25, 0.3) is 0 Å². The minimum atomic E-state index is -0.304. The van der Waals surface area contributed by atoms with Crippen LogP contribution in [0.5, 0.6) is 0 Å². The van der Waals surface area contributed by atoms with Crippen LogP contribution in [0.15, 0.2) is 34.2 Å². The minimum Gasteiger partial charge on any atom is -0.369 e. The van der Waals surface area contributed by atoms with Gasteiger partial charge in [0.15, 0.2) is 0 Å². The predicted octanol–water partition coefficient (Wildman–Crippen LogP) is -0.386. The van der Waals surface area contributed by atoms with Gasteiger partial charge in [-0.05, 0) is 11.4 Å². The average Bonchev–Trinajstić information content (AvgIpc) is 2.57. The molecule has 0 spiro atoms. The number of aromatic nitrogens is 4. The second kappa shape index (κ2) is 5.72. The highest BCUT2D eigenvalue weighted by Gasteiger charge is 2.15. The number of aryl methyl sites for hydroxylation is 2. The van der Waals surface area contributed by atoms with Crippen molar-refractivity contribution in [2.24, 2.45) is 19.2 Å². The Bertz CT molecular complexity index is 860. The van der Waals surface area contributed by atoms with Gasteiger partial charge in [0, 0.05) is 19.7 Å². The summed E-state index contributed by atoms with van der Waals surface area (Å²) in [5.74, 6) is 0.858. The third-order valence-corrected chi connectivity index (χ3v) is 3.49. The Morgan fingerprint density at radius 1 is 1.04 bits per heavy atom. The SMILES string of the molecule is CN1N=C(c2ccc(-c3nn(C)c(=O)[n+](C)n3)cc2)[N-]N(C)C1=O. The molecule has 0 atom stereocenters. The quantitative estimate of drug-likeness (QED) is 0.701. The summed E-state index contributed by atoms with van der Waals surface area (Å²) >= 11 is 0. The third-order valence-electron chi connectivity index (χ3n) is 3.49. The Morgan fingerprint density at radius 3 is 2.25 bits per heavy atom. The van der Waals surface area contributed by atoms with Gasteiger partial charge >= 0.3 is 11.7 Å². The first-order valence-corrected chi connectivity index (χ1v) is 7.11. The van der Waals surface area contributed by atoms with E-state index in [1.807, 2.05) is 24.3 Å². The molecule has 2 amide bonds. The first kappa shape index (κ1) is 15.6. The number of urea groups is 1. The number of hydrogen-bond acceptors (Lipinski definition) is 5. The Labute approximate surface area is 137 Å². The topological polar surface area (TPSA) is 102 Å². The molecule has 0 saturated carbocycles. The minimum absolute atomic E-state index is 0.304. The van der Waals surface area contributed by atoms with Crippen molar-refractivity contribution in [3.63, 3.8) is 0 Å². The van der Waals surface area contributed by atoms with Gasteiger partial charge < -0.3 is 20.5 Å². The normalized spacial score (nSPS) is 14.5. The van der Waals surface area contributed by atoms with Crippen molar-refractivity contribution in [1.82, 2.24) is 24.9 Å². The fourth-order valence-corrected chi connectivity index (χ4v) is 2.20. The molecule has 0 aliphatic carbocycles. The average molecular weight is 328 g/mol. The Morgan fingerprint density at radius 2 is 1.67 bits per heavy atom. The Hall–Kier alpha value is -3.30. The van der Waals surface area contributed by atoms with Gasteiger partial charge in [-0.1, -0.05) is 43.8 Å². The first-order valence-electron chi connectivity index (χ1n) is 7.11. The molecule has 1 aromatic heterocycles. The molecule has 2 aromatic rings. The number of amidine groups is 1. The van der Waals surface area contributed by atoms with Crippen LogP contribution in [0.2, 0.25) is 0 Å². The lowest BCUT2D eigenvalue weighted by atomic mass is 10.1. The van der Waals surface area contributed by atoms with E-state index in [-0.39, 0.29) is 11.7 Å². The second-order valence-corrected chi connectivity index (χ2v) is 5.28. The summed E-state index contributed by atoms with van der Waals surface area (Å²) in [6.45, 7) is 0. The van der Waals surface area contributed by atoms with E-state index in [1.54, 1.807) is 28.2 Å². The van der Waals surface area contributed by atoms with Gasteiger partial charge in [0.1, 0.15) is 14.1 Å². The Kier molecular flexibility index (Phi) is 3.72. The number of amides is 2. The molecule has 10 heteroatoms. The zero-order valence-corrected chi connectivity index (χ0v) is 13.7. The van der Waals surface area contributed by atoms with Crippen LogP contribution < -0.4 is 10.4 Å². The van der Waals surface area contributed by atoms with E-state index in [4.69, 9.17) is 0 Å². The highest BCUT2D eigenvalue weighted by molar-refractivity contribution is 6.10. The van der Waals surface area contributed by atoms with Gasteiger partial charge in [-0.15, -0.1) is 0 Å². The maximum absolute atomic E-state index is 11.6. The molecule has 24 heavy (non-hydrogen) atoms. The lowest BCUT2D eigenvalue weighted by Gasteiger charge is -2.38. The molecule has 0 saturated heterocycles. The van der Waals surface area contributed by atoms with E-state index in [1.165, 1.54) is 19.4 Å². The molecule has 0 fully saturated rings. The molecular weight excluding hydrogens is 312 g/mol. The molecule has 3 rings (SSSR count). The molecule has 1 aliphatic rings. The van der Waals surface area contributed by atoms with Crippen LogP contribution in [-0.2, 0) is 14.1 Å². The van der Waals surface area contributed by atoms with Crippen molar-refractivity contribution in [2.75, 3.05) is 14.1 Å². The molecule has 0 bridgehead atoms. The molecule has 1 aromatic carbocycles. The van der Waals surface area contributed by atoms with Crippen molar-refractivity contribution >= 4 is 11.9 Å².